The van der Waals surface area contributed by atoms with E-state index in [1.807, 2.05) is 5.38 Å². The first-order valence-corrected chi connectivity index (χ1v) is 7.89. The number of hydrogen-bond donors (Lipinski definition) is 1. The van der Waals surface area contributed by atoms with E-state index in [1.165, 1.54) is 0 Å². The summed E-state index contributed by atoms with van der Waals surface area (Å²) in [5.74, 6) is 0.849. The first kappa shape index (κ1) is 15.8. The molecule has 2 aromatic rings. The summed E-state index contributed by atoms with van der Waals surface area (Å²) in [4.78, 5) is 16.2. The minimum Gasteiger partial charge on any atom is -0.484 e. The molecule has 1 aromatic heterocycles. The van der Waals surface area contributed by atoms with Crippen molar-refractivity contribution in [2.24, 2.45) is 0 Å². The van der Waals surface area contributed by atoms with Crippen LogP contribution in [0.25, 0.3) is 0 Å². The Kier molecular flexibility index (Phi) is 5.59. The van der Waals surface area contributed by atoms with Gasteiger partial charge in [0.1, 0.15) is 5.75 Å². The van der Waals surface area contributed by atoms with E-state index in [-0.39, 0.29) is 12.5 Å². The van der Waals surface area contributed by atoms with Crippen LogP contribution >= 0.6 is 22.9 Å². The highest BCUT2D eigenvalue weighted by molar-refractivity contribution is 7.09. The molecule has 0 radical (unpaired) electrons. The molecular formula is C15H17ClN2O2S. The van der Waals surface area contributed by atoms with Gasteiger partial charge in [0.05, 0.1) is 17.2 Å². The fourth-order valence-corrected chi connectivity index (χ4v) is 2.55. The Morgan fingerprint density at radius 2 is 2.10 bits per heavy atom. The summed E-state index contributed by atoms with van der Waals surface area (Å²) in [6.07, 6.45) is 0. The minimum atomic E-state index is -0.177. The molecule has 0 spiro atoms. The predicted molar refractivity (Wildman–Crippen MR) is 85.0 cm³/mol. The lowest BCUT2D eigenvalue weighted by Crippen LogP contribution is -2.28. The van der Waals surface area contributed by atoms with E-state index in [9.17, 15) is 4.79 Å². The van der Waals surface area contributed by atoms with E-state index in [2.05, 4.69) is 24.1 Å². The average molecular weight is 325 g/mol. The van der Waals surface area contributed by atoms with Gasteiger partial charge in [0.15, 0.2) is 6.61 Å². The van der Waals surface area contributed by atoms with Crippen molar-refractivity contribution in [3.8, 4) is 5.75 Å². The molecule has 1 amide bonds. The fraction of sp³-hybridized carbons (Fsp3) is 0.333. The van der Waals surface area contributed by atoms with Gasteiger partial charge in [-0.1, -0.05) is 25.4 Å². The Balaban J connectivity index is 1.75. The van der Waals surface area contributed by atoms with Crippen LogP contribution in [-0.2, 0) is 11.3 Å². The molecule has 2 rings (SSSR count). The molecule has 0 fully saturated rings. The summed E-state index contributed by atoms with van der Waals surface area (Å²) < 4.78 is 5.37. The largest absolute Gasteiger partial charge is 0.484 e. The number of amides is 1. The normalized spacial score (nSPS) is 10.7. The number of nitrogens with one attached hydrogen (secondary N) is 1. The van der Waals surface area contributed by atoms with E-state index in [1.54, 1.807) is 35.6 Å². The van der Waals surface area contributed by atoms with Gasteiger partial charge in [0.25, 0.3) is 5.91 Å². The molecule has 4 nitrogen and oxygen atoms in total. The molecule has 0 aliphatic carbocycles. The van der Waals surface area contributed by atoms with Gasteiger partial charge in [-0.3, -0.25) is 4.79 Å². The maximum Gasteiger partial charge on any atom is 0.258 e. The molecule has 21 heavy (non-hydrogen) atoms. The first-order chi connectivity index (χ1) is 10.0. The average Bonchev–Trinajstić information content (AvgIpc) is 2.93. The smallest absolute Gasteiger partial charge is 0.258 e. The molecule has 0 aliphatic rings. The van der Waals surface area contributed by atoms with Crippen LogP contribution in [0.1, 0.15) is 30.5 Å². The van der Waals surface area contributed by atoms with Crippen LogP contribution in [-0.4, -0.2) is 17.5 Å². The lowest BCUT2D eigenvalue weighted by molar-refractivity contribution is -0.123. The highest BCUT2D eigenvalue weighted by Crippen LogP contribution is 2.19. The SMILES string of the molecule is CC(C)c1nc(CNC(=O)COc2ccc(Cl)cc2)cs1. The quantitative estimate of drug-likeness (QED) is 0.883. The maximum absolute atomic E-state index is 11.7. The number of hydrogen-bond acceptors (Lipinski definition) is 4. The lowest BCUT2D eigenvalue weighted by atomic mass is 10.2. The second-order valence-electron chi connectivity index (χ2n) is 4.85. The number of carbonyl (C=O) groups is 1. The fourth-order valence-electron chi connectivity index (χ4n) is 1.59. The van der Waals surface area contributed by atoms with E-state index in [0.717, 1.165) is 10.7 Å². The summed E-state index contributed by atoms with van der Waals surface area (Å²) in [5, 5.41) is 6.47. The van der Waals surface area contributed by atoms with Crippen molar-refractivity contribution in [3.63, 3.8) is 0 Å². The molecule has 1 aromatic carbocycles. The number of carbonyl (C=O) groups excluding carboxylic acids is 1. The first-order valence-electron chi connectivity index (χ1n) is 6.64. The number of aromatic nitrogens is 1. The van der Waals surface area contributed by atoms with Crippen molar-refractivity contribution < 1.29 is 9.53 Å². The topological polar surface area (TPSA) is 51.2 Å². The van der Waals surface area contributed by atoms with Crippen molar-refractivity contribution in [2.45, 2.75) is 26.3 Å². The second-order valence-corrected chi connectivity index (χ2v) is 6.18. The number of nitrogens with zero attached hydrogens (tertiary/aromatic N) is 1. The van der Waals surface area contributed by atoms with Crippen molar-refractivity contribution in [1.29, 1.82) is 0 Å². The Morgan fingerprint density at radius 1 is 1.38 bits per heavy atom. The highest BCUT2D eigenvalue weighted by atomic mass is 35.5. The number of halogens is 1. The van der Waals surface area contributed by atoms with Crippen LogP contribution in [0.15, 0.2) is 29.6 Å². The summed E-state index contributed by atoms with van der Waals surface area (Å²) in [6.45, 7) is 4.59. The van der Waals surface area contributed by atoms with E-state index >= 15 is 0 Å². The molecule has 1 N–H and O–H groups in total. The van der Waals surface area contributed by atoms with Crippen LogP contribution in [0, 0.1) is 0 Å². The Morgan fingerprint density at radius 3 is 2.71 bits per heavy atom. The lowest BCUT2D eigenvalue weighted by Gasteiger charge is -2.06. The monoisotopic (exact) mass is 324 g/mol. The minimum absolute atomic E-state index is 0.0250. The van der Waals surface area contributed by atoms with Crippen molar-refractivity contribution in [2.75, 3.05) is 6.61 Å². The zero-order valence-corrected chi connectivity index (χ0v) is 13.5. The number of ether oxygens (including phenoxy) is 1. The van der Waals surface area contributed by atoms with Gasteiger partial charge >= 0.3 is 0 Å². The van der Waals surface area contributed by atoms with Gasteiger partial charge in [0, 0.05) is 16.3 Å². The molecule has 0 bridgehead atoms. The summed E-state index contributed by atoms with van der Waals surface area (Å²) in [5.41, 5.74) is 0.878. The molecule has 112 valence electrons. The summed E-state index contributed by atoms with van der Waals surface area (Å²) in [6, 6.07) is 6.89. The molecule has 0 unspecified atom stereocenters. The molecule has 0 saturated heterocycles. The third-order valence-corrected chi connectivity index (χ3v) is 4.16. The second kappa shape index (κ2) is 7.43. The maximum atomic E-state index is 11.7. The zero-order valence-electron chi connectivity index (χ0n) is 11.9. The van der Waals surface area contributed by atoms with Crippen molar-refractivity contribution >= 4 is 28.8 Å². The predicted octanol–water partition coefficient (Wildman–Crippen LogP) is 3.62. The van der Waals surface area contributed by atoms with Gasteiger partial charge < -0.3 is 10.1 Å². The molecule has 0 aliphatic heterocycles. The Bertz CT molecular complexity index is 596. The Hall–Kier alpha value is -1.59. The third-order valence-electron chi connectivity index (χ3n) is 2.71. The summed E-state index contributed by atoms with van der Waals surface area (Å²) >= 11 is 7.39. The third kappa shape index (κ3) is 5.02. The van der Waals surface area contributed by atoms with Gasteiger partial charge in [-0.05, 0) is 24.3 Å². The van der Waals surface area contributed by atoms with Gasteiger partial charge in [-0.2, -0.15) is 0 Å². The van der Waals surface area contributed by atoms with Crippen LogP contribution in [0.3, 0.4) is 0 Å². The highest BCUT2D eigenvalue weighted by Gasteiger charge is 2.07. The summed E-state index contributed by atoms with van der Waals surface area (Å²) in [7, 11) is 0. The van der Waals surface area contributed by atoms with E-state index in [0.29, 0.717) is 23.2 Å². The van der Waals surface area contributed by atoms with Crippen LogP contribution < -0.4 is 10.1 Å². The standard InChI is InChI=1S/C15H17ClN2O2S/c1-10(2)15-18-12(9-21-15)7-17-14(19)8-20-13-5-3-11(16)4-6-13/h3-6,9-10H,7-8H2,1-2H3,(H,17,19). The Labute approximate surface area is 133 Å². The van der Waals surface area contributed by atoms with Crippen LogP contribution in [0.5, 0.6) is 5.75 Å². The van der Waals surface area contributed by atoms with Gasteiger partial charge in [0.2, 0.25) is 0 Å². The van der Waals surface area contributed by atoms with Crippen LogP contribution in [0.2, 0.25) is 5.02 Å². The number of benzene rings is 1. The molecular weight excluding hydrogens is 308 g/mol. The molecule has 1 heterocycles. The molecule has 0 saturated carbocycles. The molecule has 0 atom stereocenters. The van der Waals surface area contributed by atoms with Crippen molar-refractivity contribution in [1.82, 2.24) is 10.3 Å². The zero-order chi connectivity index (χ0) is 15.2. The van der Waals surface area contributed by atoms with E-state index < -0.39 is 0 Å². The number of thiazole rings is 1. The number of rotatable bonds is 6. The van der Waals surface area contributed by atoms with E-state index in [4.69, 9.17) is 16.3 Å². The van der Waals surface area contributed by atoms with Gasteiger partial charge in [-0.25, -0.2) is 4.98 Å². The van der Waals surface area contributed by atoms with Crippen LogP contribution in [0.4, 0.5) is 0 Å². The van der Waals surface area contributed by atoms with Gasteiger partial charge in [-0.15, -0.1) is 11.3 Å². The molecule has 6 heteroatoms. The van der Waals surface area contributed by atoms with Crippen molar-refractivity contribution in [3.05, 3.63) is 45.4 Å².